The van der Waals surface area contributed by atoms with Crippen molar-refractivity contribution in [3.63, 3.8) is 0 Å². The molecule has 0 bridgehead atoms. The summed E-state index contributed by atoms with van der Waals surface area (Å²) in [7, 11) is 0. The van der Waals surface area contributed by atoms with Crippen LogP contribution in [0.5, 0.6) is 5.75 Å². The lowest BCUT2D eigenvalue weighted by atomic mass is 10.1. The molecule has 0 aliphatic rings. The predicted octanol–water partition coefficient (Wildman–Crippen LogP) is 5.24. The lowest BCUT2D eigenvalue weighted by molar-refractivity contribution is -0.137. The summed E-state index contributed by atoms with van der Waals surface area (Å²) in [6.45, 7) is 1.73. The lowest BCUT2D eigenvalue weighted by Crippen LogP contribution is -2.10. The van der Waals surface area contributed by atoms with Crippen molar-refractivity contribution in [1.29, 1.82) is 0 Å². The van der Waals surface area contributed by atoms with Crippen LogP contribution in [0.3, 0.4) is 0 Å². The van der Waals surface area contributed by atoms with Crippen LogP contribution in [-0.2, 0) is 6.18 Å². The molecule has 2 aromatic carbocycles. The third-order valence-corrected chi connectivity index (χ3v) is 3.40. The smallest absolute Gasteiger partial charge is 0.416 e. The summed E-state index contributed by atoms with van der Waals surface area (Å²) in [4.78, 5) is 0. The molecule has 0 fully saturated rings. The van der Waals surface area contributed by atoms with E-state index in [1.807, 2.05) is 0 Å². The summed E-state index contributed by atoms with van der Waals surface area (Å²) < 4.78 is 38.1. The van der Waals surface area contributed by atoms with Gasteiger partial charge in [-0.3, -0.25) is 0 Å². The first-order chi connectivity index (χ1) is 9.79. The number of hydrogen-bond acceptors (Lipinski definition) is 2. The molecule has 1 atom stereocenters. The molecule has 0 saturated carbocycles. The molecule has 6 heteroatoms. The summed E-state index contributed by atoms with van der Waals surface area (Å²) in [5, 5.41) is 12.8. The first-order valence-corrected chi connectivity index (χ1v) is 6.58. The van der Waals surface area contributed by atoms with Gasteiger partial charge in [-0.05, 0) is 31.2 Å². The maximum Gasteiger partial charge on any atom is 0.416 e. The van der Waals surface area contributed by atoms with E-state index >= 15 is 0 Å². The van der Waals surface area contributed by atoms with Crippen LogP contribution in [0.4, 0.5) is 18.9 Å². The van der Waals surface area contributed by atoms with Crippen molar-refractivity contribution >= 4 is 17.3 Å². The van der Waals surface area contributed by atoms with E-state index in [1.54, 1.807) is 25.1 Å². The second kappa shape index (κ2) is 5.85. The number of anilines is 1. The topological polar surface area (TPSA) is 32.3 Å². The van der Waals surface area contributed by atoms with Crippen molar-refractivity contribution in [2.45, 2.75) is 19.1 Å². The fourth-order valence-electron chi connectivity index (χ4n) is 1.98. The molecule has 0 spiro atoms. The molecular formula is C15H13ClF3NO. The number of halogens is 4. The highest BCUT2D eigenvalue weighted by Crippen LogP contribution is 2.35. The second-order valence-corrected chi connectivity index (χ2v) is 5.02. The molecule has 2 N–H and O–H groups in total. The Labute approximate surface area is 125 Å². The maximum atomic E-state index is 12.7. The van der Waals surface area contributed by atoms with Gasteiger partial charge in [-0.15, -0.1) is 0 Å². The van der Waals surface area contributed by atoms with Crippen molar-refractivity contribution in [2.75, 3.05) is 5.32 Å². The third kappa shape index (κ3) is 3.61. The van der Waals surface area contributed by atoms with Gasteiger partial charge in [0.2, 0.25) is 0 Å². The Hall–Kier alpha value is -1.88. The average molecular weight is 316 g/mol. The number of hydrogen-bond donors (Lipinski definition) is 2. The molecule has 0 aliphatic heterocycles. The van der Waals surface area contributed by atoms with Gasteiger partial charge in [0.15, 0.2) is 0 Å². The van der Waals surface area contributed by atoms with Gasteiger partial charge in [-0.25, -0.2) is 0 Å². The standard InChI is InChI=1S/C15H13ClF3NO/c1-9(11-4-2-3-5-14(11)21)20-13-8-10(15(17,18)19)6-7-12(13)16/h2-9,20-21H,1H3. The van der Waals surface area contributed by atoms with Crippen molar-refractivity contribution in [3.8, 4) is 5.75 Å². The third-order valence-electron chi connectivity index (χ3n) is 3.07. The van der Waals surface area contributed by atoms with Crippen LogP contribution < -0.4 is 5.32 Å². The van der Waals surface area contributed by atoms with Gasteiger partial charge in [0.05, 0.1) is 22.3 Å². The van der Waals surface area contributed by atoms with E-state index in [1.165, 1.54) is 12.1 Å². The molecule has 1 unspecified atom stereocenters. The van der Waals surface area contributed by atoms with Gasteiger partial charge < -0.3 is 10.4 Å². The Morgan fingerprint density at radius 1 is 1.14 bits per heavy atom. The van der Waals surface area contributed by atoms with E-state index in [4.69, 9.17) is 11.6 Å². The summed E-state index contributed by atoms with van der Waals surface area (Å²) in [6.07, 6.45) is -4.43. The minimum atomic E-state index is -4.43. The van der Waals surface area contributed by atoms with Crippen LogP contribution in [0.1, 0.15) is 24.1 Å². The molecule has 2 rings (SSSR count). The van der Waals surface area contributed by atoms with Crippen molar-refractivity contribution in [1.82, 2.24) is 0 Å². The SMILES string of the molecule is CC(Nc1cc(C(F)(F)F)ccc1Cl)c1ccccc1O. The van der Waals surface area contributed by atoms with Crippen molar-refractivity contribution < 1.29 is 18.3 Å². The molecule has 0 saturated heterocycles. The molecule has 0 aliphatic carbocycles. The molecule has 0 aromatic heterocycles. The van der Waals surface area contributed by atoms with E-state index in [-0.39, 0.29) is 16.5 Å². The number of benzene rings is 2. The van der Waals surface area contributed by atoms with Crippen LogP contribution in [0.15, 0.2) is 42.5 Å². The second-order valence-electron chi connectivity index (χ2n) is 4.62. The number of alkyl halides is 3. The van der Waals surface area contributed by atoms with E-state index in [2.05, 4.69) is 5.32 Å². The zero-order valence-electron chi connectivity index (χ0n) is 11.1. The Morgan fingerprint density at radius 3 is 2.43 bits per heavy atom. The number of rotatable bonds is 3. The van der Waals surface area contributed by atoms with E-state index in [0.717, 1.165) is 12.1 Å². The number of nitrogens with one attached hydrogen (secondary N) is 1. The predicted molar refractivity (Wildman–Crippen MR) is 76.6 cm³/mol. The van der Waals surface area contributed by atoms with Gasteiger partial charge in [0.1, 0.15) is 5.75 Å². The van der Waals surface area contributed by atoms with E-state index < -0.39 is 17.8 Å². The molecule has 2 aromatic rings. The molecule has 0 amide bonds. The minimum Gasteiger partial charge on any atom is -0.508 e. The first-order valence-electron chi connectivity index (χ1n) is 6.20. The van der Waals surface area contributed by atoms with Crippen LogP contribution in [-0.4, -0.2) is 5.11 Å². The normalized spacial score (nSPS) is 13.0. The fourth-order valence-corrected chi connectivity index (χ4v) is 2.15. The van der Waals surface area contributed by atoms with E-state index in [9.17, 15) is 18.3 Å². The highest BCUT2D eigenvalue weighted by Gasteiger charge is 2.31. The molecule has 0 heterocycles. The number of aromatic hydroxyl groups is 1. The van der Waals surface area contributed by atoms with Crippen molar-refractivity contribution in [3.05, 3.63) is 58.6 Å². The Kier molecular flexibility index (Phi) is 4.32. The van der Waals surface area contributed by atoms with Crippen LogP contribution >= 0.6 is 11.6 Å². The Balaban J connectivity index is 2.29. The summed E-state index contributed by atoms with van der Waals surface area (Å²) in [5.74, 6) is 0.0700. The number of para-hydroxylation sites is 1. The summed E-state index contributed by atoms with van der Waals surface area (Å²) in [6, 6.07) is 9.30. The fraction of sp³-hybridized carbons (Fsp3) is 0.200. The summed E-state index contributed by atoms with van der Waals surface area (Å²) in [5.41, 5.74) is -0.0351. The van der Waals surface area contributed by atoms with Crippen LogP contribution in [0.25, 0.3) is 0 Å². The average Bonchev–Trinajstić information content (AvgIpc) is 2.40. The Bertz CT molecular complexity index is 643. The number of phenolic OH excluding ortho intramolecular Hbond substituents is 1. The number of phenols is 1. The first kappa shape index (κ1) is 15.5. The molecule has 0 radical (unpaired) electrons. The highest BCUT2D eigenvalue weighted by molar-refractivity contribution is 6.33. The maximum absolute atomic E-state index is 12.7. The summed E-state index contributed by atoms with van der Waals surface area (Å²) >= 11 is 5.93. The zero-order chi connectivity index (χ0) is 15.6. The monoisotopic (exact) mass is 315 g/mol. The van der Waals surface area contributed by atoms with Crippen LogP contribution in [0, 0.1) is 0 Å². The largest absolute Gasteiger partial charge is 0.508 e. The van der Waals surface area contributed by atoms with Crippen molar-refractivity contribution in [2.24, 2.45) is 0 Å². The van der Waals surface area contributed by atoms with Gasteiger partial charge in [-0.2, -0.15) is 13.2 Å². The molecular weight excluding hydrogens is 303 g/mol. The lowest BCUT2D eigenvalue weighted by Gasteiger charge is -2.19. The van der Waals surface area contributed by atoms with Crippen LogP contribution in [0.2, 0.25) is 5.02 Å². The van der Waals surface area contributed by atoms with Gasteiger partial charge in [-0.1, -0.05) is 29.8 Å². The quantitative estimate of drug-likeness (QED) is 0.812. The molecule has 21 heavy (non-hydrogen) atoms. The van der Waals surface area contributed by atoms with Gasteiger partial charge in [0.25, 0.3) is 0 Å². The zero-order valence-corrected chi connectivity index (χ0v) is 11.8. The highest BCUT2D eigenvalue weighted by atomic mass is 35.5. The Morgan fingerprint density at radius 2 is 1.81 bits per heavy atom. The minimum absolute atomic E-state index is 0.0700. The van der Waals surface area contributed by atoms with E-state index in [0.29, 0.717) is 5.56 Å². The molecule has 2 nitrogen and oxygen atoms in total. The van der Waals surface area contributed by atoms with Gasteiger partial charge >= 0.3 is 6.18 Å². The molecule has 112 valence electrons. The van der Waals surface area contributed by atoms with Gasteiger partial charge in [0, 0.05) is 5.56 Å².